The Morgan fingerprint density at radius 3 is 2.08 bits per heavy atom. The summed E-state index contributed by atoms with van der Waals surface area (Å²) in [5.41, 5.74) is 1.64. The van der Waals surface area contributed by atoms with Gasteiger partial charge in [0.2, 0.25) is 0 Å². The second-order valence-electron chi connectivity index (χ2n) is 5.54. The Bertz CT molecular complexity index is 618. The molecular weight excluding hydrogens is 306 g/mol. The molecule has 0 saturated carbocycles. The maximum atomic E-state index is 11.8. The minimum Gasteiger partial charge on any atom is -0.468 e. The third-order valence-corrected chi connectivity index (χ3v) is 3.95. The number of esters is 1. The number of carbonyl (C=O) groups is 1. The van der Waals surface area contributed by atoms with Crippen molar-refractivity contribution in [2.75, 3.05) is 26.8 Å². The molecule has 0 saturated heterocycles. The maximum Gasteiger partial charge on any atom is 0.319 e. The number of ether oxygens (including phenoxy) is 1. The van der Waals surface area contributed by atoms with Gasteiger partial charge >= 0.3 is 5.97 Å². The van der Waals surface area contributed by atoms with Crippen LogP contribution in [0.5, 0.6) is 0 Å². The molecule has 0 radical (unpaired) electrons. The standard InChI is InChI=1S/C19H23NO4/c1-24-19(23)13-20(12-18(22)16-10-6-3-7-11-16)17(14-21)15-8-4-2-5-9-15/h2-11,17-18,21-22H,12-14H2,1H3/t17-,18?/m1/s1. The lowest BCUT2D eigenvalue weighted by atomic mass is 10.0. The Morgan fingerprint density at radius 2 is 1.58 bits per heavy atom. The number of benzene rings is 2. The fourth-order valence-corrected chi connectivity index (χ4v) is 2.64. The van der Waals surface area contributed by atoms with E-state index in [4.69, 9.17) is 4.74 Å². The molecule has 0 aliphatic carbocycles. The normalized spacial score (nSPS) is 13.5. The van der Waals surface area contributed by atoms with Crippen molar-refractivity contribution in [3.8, 4) is 0 Å². The number of hydrogen-bond donors (Lipinski definition) is 2. The Hall–Kier alpha value is -2.21. The lowest BCUT2D eigenvalue weighted by Crippen LogP contribution is -2.38. The van der Waals surface area contributed by atoms with E-state index in [2.05, 4.69) is 0 Å². The molecule has 1 unspecified atom stereocenters. The fraction of sp³-hybridized carbons (Fsp3) is 0.316. The van der Waals surface area contributed by atoms with Gasteiger partial charge in [0.1, 0.15) is 0 Å². The zero-order chi connectivity index (χ0) is 17.4. The molecule has 2 atom stereocenters. The fourth-order valence-electron chi connectivity index (χ4n) is 2.64. The van der Waals surface area contributed by atoms with Crippen LogP contribution in [0.15, 0.2) is 60.7 Å². The molecule has 0 fully saturated rings. The van der Waals surface area contributed by atoms with Crippen LogP contribution in [0.1, 0.15) is 23.3 Å². The molecule has 5 nitrogen and oxygen atoms in total. The molecule has 0 aromatic heterocycles. The van der Waals surface area contributed by atoms with Gasteiger partial charge in [0, 0.05) is 6.54 Å². The molecular formula is C19H23NO4. The summed E-state index contributed by atoms with van der Waals surface area (Å²) in [6.45, 7) is 0.0300. The van der Waals surface area contributed by atoms with Crippen LogP contribution in [0.25, 0.3) is 0 Å². The summed E-state index contributed by atoms with van der Waals surface area (Å²) < 4.78 is 4.75. The van der Waals surface area contributed by atoms with Crippen molar-refractivity contribution in [2.45, 2.75) is 12.1 Å². The predicted octanol–water partition coefficient (Wildman–Crippen LogP) is 1.93. The molecule has 0 aliphatic rings. The summed E-state index contributed by atoms with van der Waals surface area (Å²) in [6, 6.07) is 18.3. The smallest absolute Gasteiger partial charge is 0.319 e. The van der Waals surface area contributed by atoms with E-state index in [1.807, 2.05) is 60.7 Å². The van der Waals surface area contributed by atoms with Gasteiger partial charge in [-0.25, -0.2) is 0 Å². The number of aliphatic hydroxyl groups excluding tert-OH is 2. The number of methoxy groups -OCH3 is 1. The quantitative estimate of drug-likeness (QED) is 0.724. The third kappa shape index (κ3) is 4.89. The van der Waals surface area contributed by atoms with Crippen molar-refractivity contribution in [2.24, 2.45) is 0 Å². The summed E-state index contributed by atoms with van der Waals surface area (Å²) in [4.78, 5) is 13.5. The molecule has 2 aromatic rings. The highest BCUT2D eigenvalue weighted by Crippen LogP contribution is 2.23. The van der Waals surface area contributed by atoms with Crippen LogP contribution in [0, 0.1) is 0 Å². The second kappa shape index (κ2) is 9.17. The summed E-state index contributed by atoms with van der Waals surface area (Å²) in [6.07, 6.45) is -0.770. The predicted molar refractivity (Wildman–Crippen MR) is 91.3 cm³/mol. The van der Waals surface area contributed by atoms with E-state index >= 15 is 0 Å². The highest BCUT2D eigenvalue weighted by Gasteiger charge is 2.25. The van der Waals surface area contributed by atoms with Crippen LogP contribution in [0.4, 0.5) is 0 Å². The van der Waals surface area contributed by atoms with Gasteiger partial charge in [-0.1, -0.05) is 60.7 Å². The van der Waals surface area contributed by atoms with Gasteiger partial charge < -0.3 is 14.9 Å². The summed E-state index contributed by atoms with van der Waals surface area (Å²) in [5.74, 6) is -0.412. The molecule has 0 bridgehead atoms. The van der Waals surface area contributed by atoms with Crippen molar-refractivity contribution < 1.29 is 19.7 Å². The molecule has 0 aliphatic heterocycles. The van der Waals surface area contributed by atoms with Gasteiger partial charge in [-0.2, -0.15) is 0 Å². The lowest BCUT2D eigenvalue weighted by molar-refractivity contribution is -0.143. The molecule has 5 heteroatoms. The number of nitrogens with zero attached hydrogens (tertiary/aromatic N) is 1. The van der Waals surface area contributed by atoms with Crippen molar-refractivity contribution in [1.82, 2.24) is 4.90 Å². The van der Waals surface area contributed by atoms with Crippen molar-refractivity contribution in [1.29, 1.82) is 0 Å². The van der Waals surface area contributed by atoms with Crippen LogP contribution < -0.4 is 0 Å². The number of carbonyl (C=O) groups excluding carboxylic acids is 1. The van der Waals surface area contributed by atoms with E-state index in [0.29, 0.717) is 0 Å². The Labute approximate surface area is 142 Å². The van der Waals surface area contributed by atoms with E-state index in [1.54, 1.807) is 4.90 Å². The first-order valence-electron chi connectivity index (χ1n) is 7.85. The molecule has 2 rings (SSSR count). The van der Waals surface area contributed by atoms with Gasteiger partial charge in [-0.3, -0.25) is 9.69 Å². The summed E-state index contributed by atoms with van der Waals surface area (Å²) in [7, 11) is 1.32. The average molecular weight is 329 g/mol. The number of rotatable bonds is 8. The van der Waals surface area contributed by atoms with Gasteiger partial charge in [-0.05, 0) is 11.1 Å². The summed E-state index contributed by atoms with van der Waals surface area (Å²) in [5, 5.41) is 20.3. The molecule has 24 heavy (non-hydrogen) atoms. The van der Waals surface area contributed by atoms with Gasteiger partial charge in [0.25, 0.3) is 0 Å². The van der Waals surface area contributed by atoms with Crippen LogP contribution in [-0.4, -0.2) is 47.9 Å². The number of hydrogen-bond acceptors (Lipinski definition) is 5. The Balaban J connectivity index is 2.21. The van der Waals surface area contributed by atoms with Crippen LogP contribution >= 0.6 is 0 Å². The largest absolute Gasteiger partial charge is 0.468 e. The maximum absolute atomic E-state index is 11.8. The zero-order valence-electron chi connectivity index (χ0n) is 13.7. The highest BCUT2D eigenvalue weighted by molar-refractivity contribution is 5.71. The van der Waals surface area contributed by atoms with Crippen LogP contribution in [0.2, 0.25) is 0 Å². The Kier molecular flexibility index (Phi) is 6.93. The minimum atomic E-state index is -0.770. The van der Waals surface area contributed by atoms with Crippen molar-refractivity contribution in [3.05, 3.63) is 71.8 Å². The lowest BCUT2D eigenvalue weighted by Gasteiger charge is -2.31. The molecule has 2 N–H and O–H groups in total. The molecule has 128 valence electrons. The van der Waals surface area contributed by atoms with E-state index in [0.717, 1.165) is 11.1 Å². The average Bonchev–Trinajstić information content (AvgIpc) is 2.63. The van der Waals surface area contributed by atoms with Crippen LogP contribution in [0.3, 0.4) is 0 Å². The molecule has 2 aromatic carbocycles. The van der Waals surface area contributed by atoms with Gasteiger partial charge in [0.15, 0.2) is 0 Å². The van der Waals surface area contributed by atoms with Crippen molar-refractivity contribution >= 4 is 5.97 Å². The number of aliphatic hydroxyl groups is 2. The topological polar surface area (TPSA) is 70.0 Å². The zero-order valence-corrected chi connectivity index (χ0v) is 13.7. The van der Waals surface area contributed by atoms with E-state index in [-0.39, 0.29) is 19.7 Å². The third-order valence-electron chi connectivity index (χ3n) is 3.95. The molecule has 0 heterocycles. The Morgan fingerprint density at radius 1 is 1.04 bits per heavy atom. The van der Waals surface area contributed by atoms with Gasteiger partial charge in [-0.15, -0.1) is 0 Å². The van der Waals surface area contributed by atoms with Gasteiger partial charge in [0.05, 0.1) is 32.4 Å². The second-order valence-corrected chi connectivity index (χ2v) is 5.54. The SMILES string of the molecule is COC(=O)CN(CC(O)c1ccccc1)[C@H](CO)c1ccccc1. The van der Waals surface area contributed by atoms with E-state index < -0.39 is 18.1 Å². The minimum absolute atomic E-state index is 0.0134. The first-order valence-corrected chi connectivity index (χ1v) is 7.85. The first-order chi connectivity index (χ1) is 11.7. The first kappa shape index (κ1) is 18.1. The van der Waals surface area contributed by atoms with E-state index in [9.17, 15) is 15.0 Å². The summed E-state index contributed by atoms with van der Waals surface area (Å²) >= 11 is 0. The van der Waals surface area contributed by atoms with Crippen LogP contribution in [-0.2, 0) is 9.53 Å². The van der Waals surface area contributed by atoms with Crippen molar-refractivity contribution in [3.63, 3.8) is 0 Å². The molecule has 0 amide bonds. The highest BCUT2D eigenvalue weighted by atomic mass is 16.5. The monoisotopic (exact) mass is 329 g/mol. The molecule has 0 spiro atoms. The van der Waals surface area contributed by atoms with E-state index in [1.165, 1.54) is 7.11 Å².